The molecule has 10 heteroatoms. The van der Waals surface area contributed by atoms with Crippen molar-refractivity contribution < 1.29 is 17.6 Å². The van der Waals surface area contributed by atoms with Crippen molar-refractivity contribution in [2.24, 2.45) is 0 Å². The Morgan fingerprint density at radius 2 is 1.95 bits per heavy atom. The van der Waals surface area contributed by atoms with Crippen molar-refractivity contribution in [3.63, 3.8) is 0 Å². The molecule has 2 rings (SSSR count). The smallest absolute Gasteiger partial charge is 0.260 e. The number of halogens is 1. The molecule has 1 saturated heterocycles. The first kappa shape index (κ1) is 17.3. The monoisotopic (exact) mass is 366 g/mol. The van der Waals surface area contributed by atoms with Gasteiger partial charge >= 0.3 is 0 Å². The Morgan fingerprint density at radius 3 is 2.50 bits per heavy atom. The fourth-order valence-electron chi connectivity index (χ4n) is 2.35. The lowest BCUT2D eigenvalue weighted by Crippen LogP contribution is -2.41. The van der Waals surface area contributed by atoms with Crippen molar-refractivity contribution in [2.75, 3.05) is 18.6 Å². The van der Waals surface area contributed by atoms with Crippen LogP contribution in [0.25, 0.3) is 0 Å². The maximum Gasteiger partial charge on any atom is 0.290 e. The number of hydrogen-bond donors (Lipinski definition) is 0. The van der Waals surface area contributed by atoms with Gasteiger partial charge in [0.05, 0.1) is 4.92 Å². The predicted octanol–water partition coefficient (Wildman–Crippen LogP) is 1.78. The third-order valence-electron chi connectivity index (χ3n) is 3.65. The molecule has 0 radical (unpaired) electrons. The Bertz CT molecular complexity index is 712. The summed E-state index contributed by atoms with van der Waals surface area (Å²) in [5, 5.41) is 11.2. The molecular weight excluding hydrogens is 352 g/mol. The molecule has 7 nitrogen and oxygen atoms in total. The van der Waals surface area contributed by atoms with Crippen molar-refractivity contribution in [3.05, 3.63) is 33.3 Å². The van der Waals surface area contributed by atoms with E-state index in [0.717, 1.165) is 16.4 Å². The zero-order valence-electron chi connectivity index (χ0n) is 11.8. The lowest BCUT2D eigenvalue weighted by molar-refractivity contribution is -0.387. The highest BCUT2D eigenvalue weighted by molar-refractivity contribution is 7.89. The van der Waals surface area contributed by atoms with Crippen LogP contribution in [0.2, 0.25) is 5.02 Å². The Hall–Kier alpha value is -1.03. The predicted molar refractivity (Wildman–Crippen MR) is 84.0 cm³/mol. The summed E-state index contributed by atoms with van der Waals surface area (Å²) < 4.78 is 37.8. The highest BCUT2D eigenvalue weighted by Gasteiger charge is 2.35. The van der Waals surface area contributed by atoms with Crippen molar-refractivity contribution >= 4 is 38.1 Å². The number of nitro benzene ring substituents is 1. The second-order valence-electron chi connectivity index (χ2n) is 4.97. The topological polar surface area (TPSA) is 97.6 Å². The molecule has 0 atom stereocenters. The molecule has 0 N–H and O–H groups in total. The SMILES string of the molecule is CN(C1CCS(=O)CC1)S(=O)(=O)c1ccc(Cl)cc1[N+](=O)[O-]. The van der Waals surface area contributed by atoms with Crippen LogP contribution in [0, 0.1) is 10.1 Å². The molecule has 0 amide bonds. The maximum atomic E-state index is 12.7. The lowest BCUT2D eigenvalue weighted by atomic mass is 10.2. The van der Waals surface area contributed by atoms with Gasteiger partial charge in [0.1, 0.15) is 0 Å². The van der Waals surface area contributed by atoms with E-state index >= 15 is 0 Å². The minimum Gasteiger partial charge on any atom is -0.260 e. The van der Waals surface area contributed by atoms with Gasteiger partial charge in [-0.25, -0.2) is 8.42 Å². The zero-order chi connectivity index (χ0) is 16.5. The molecule has 22 heavy (non-hydrogen) atoms. The fourth-order valence-corrected chi connectivity index (χ4v) is 5.34. The minimum absolute atomic E-state index is 0.0985. The van der Waals surface area contributed by atoms with Crippen LogP contribution < -0.4 is 0 Å². The third kappa shape index (κ3) is 3.48. The van der Waals surface area contributed by atoms with Crippen LogP contribution >= 0.6 is 11.6 Å². The van der Waals surface area contributed by atoms with Gasteiger partial charge in [0.15, 0.2) is 4.90 Å². The van der Waals surface area contributed by atoms with Crippen molar-refractivity contribution in [3.8, 4) is 0 Å². The van der Waals surface area contributed by atoms with Crippen LogP contribution in [0.3, 0.4) is 0 Å². The normalized spacial score (nSPS) is 22.7. The number of hydrogen-bond acceptors (Lipinski definition) is 5. The summed E-state index contributed by atoms with van der Waals surface area (Å²) >= 11 is 5.71. The van der Waals surface area contributed by atoms with E-state index in [0.29, 0.717) is 24.3 Å². The van der Waals surface area contributed by atoms with E-state index in [9.17, 15) is 22.7 Å². The standard InChI is InChI=1S/C12H15ClN2O5S2/c1-14(10-4-6-21(18)7-5-10)22(19,20)12-3-2-9(13)8-11(12)15(16)17/h2-3,8,10H,4-7H2,1H3. The van der Waals surface area contributed by atoms with Gasteiger partial charge in [0.25, 0.3) is 5.69 Å². The van der Waals surface area contributed by atoms with E-state index in [1.165, 1.54) is 13.1 Å². The van der Waals surface area contributed by atoms with Crippen molar-refractivity contribution in [1.82, 2.24) is 4.31 Å². The van der Waals surface area contributed by atoms with Crippen LogP contribution in [0.5, 0.6) is 0 Å². The minimum atomic E-state index is -4.01. The van der Waals surface area contributed by atoms with Gasteiger partial charge in [-0.3, -0.25) is 14.3 Å². The lowest BCUT2D eigenvalue weighted by Gasteiger charge is -2.29. The summed E-state index contributed by atoms with van der Waals surface area (Å²) in [6.45, 7) is 0. The van der Waals surface area contributed by atoms with Crippen LogP contribution in [0.1, 0.15) is 12.8 Å². The van der Waals surface area contributed by atoms with Gasteiger partial charge in [-0.2, -0.15) is 4.31 Å². The average molecular weight is 367 g/mol. The quantitative estimate of drug-likeness (QED) is 0.597. The molecule has 0 aliphatic carbocycles. The van der Waals surface area contributed by atoms with E-state index in [1.54, 1.807) is 0 Å². The molecule has 0 spiro atoms. The Labute approximate surface area is 135 Å². The average Bonchev–Trinajstić information content (AvgIpc) is 2.46. The van der Waals surface area contributed by atoms with Crippen LogP contribution in [-0.2, 0) is 20.8 Å². The molecule has 0 bridgehead atoms. The van der Waals surface area contributed by atoms with E-state index < -0.39 is 31.4 Å². The molecule has 1 aliphatic heterocycles. The summed E-state index contributed by atoms with van der Waals surface area (Å²) in [6.07, 6.45) is 0.952. The molecule has 1 aliphatic rings. The van der Waals surface area contributed by atoms with Gasteiger partial charge in [-0.15, -0.1) is 0 Å². The van der Waals surface area contributed by atoms with Crippen LogP contribution in [0.4, 0.5) is 5.69 Å². The maximum absolute atomic E-state index is 12.7. The van der Waals surface area contributed by atoms with Gasteiger partial charge < -0.3 is 0 Å². The van der Waals surface area contributed by atoms with E-state index in [2.05, 4.69) is 0 Å². The van der Waals surface area contributed by atoms with Crippen LogP contribution in [0.15, 0.2) is 23.1 Å². The van der Waals surface area contributed by atoms with Crippen molar-refractivity contribution in [1.29, 1.82) is 0 Å². The Kier molecular flexibility index (Phi) is 5.21. The van der Waals surface area contributed by atoms with E-state index in [1.807, 2.05) is 0 Å². The van der Waals surface area contributed by atoms with Gasteiger partial charge in [0, 0.05) is 46.5 Å². The third-order valence-corrected chi connectivity index (χ3v) is 7.22. The first-order valence-electron chi connectivity index (χ1n) is 6.50. The van der Waals surface area contributed by atoms with Gasteiger partial charge in [-0.05, 0) is 25.0 Å². The molecule has 0 aromatic heterocycles. The first-order chi connectivity index (χ1) is 10.2. The zero-order valence-corrected chi connectivity index (χ0v) is 14.2. The fraction of sp³-hybridized carbons (Fsp3) is 0.500. The highest BCUT2D eigenvalue weighted by Crippen LogP contribution is 2.31. The summed E-state index contributed by atoms with van der Waals surface area (Å²) in [6, 6.07) is 3.18. The molecule has 0 saturated carbocycles. The second kappa shape index (κ2) is 6.61. The molecule has 1 aromatic carbocycles. The van der Waals surface area contributed by atoms with Gasteiger partial charge in [-0.1, -0.05) is 11.6 Å². The second-order valence-corrected chi connectivity index (χ2v) is 9.07. The Morgan fingerprint density at radius 1 is 1.36 bits per heavy atom. The largest absolute Gasteiger partial charge is 0.290 e. The summed E-state index contributed by atoms with van der Waals surface area (Å²) in [7, 11) is -3.53. The number of benzene rings is 1. The molecule has 1 fully saturated rings. The molecule has 0 unspecified atom stereocenters. The number of nitro groups is 1. The Balaban J connectivity index is 2.38. The summed E-state index contributed by atoms with van der Waals surface area (Å²) in [5.41, 5.74) is -0.543. The highest BCUT2D eigenvalue weighted by atomic mass is 35.5. The molecule has 1 aromatic rings. The van der Waals surface area contributed by atoms with Crippen LogP contribution in [-0.4, -0.2) is 46.5 Å². The number of nitrogens with zero attached hydrogens (tertiary/aromatic N) is 2. The number of rotatable bonds is 4. The first-order valence-corrected chi connectivity index (χ1v) is 9.81. The number of sulfonamides is 1. The van der Waals surface area contributed by atoms with E-state index in [4.69, 9.17) is 11.6 Å². The van der Waals surface area contributed by atoms with E-state index in [-0.39, 0.29) is 16.0 Å². The molecular formula is C12H15ClN2O5S2. The molecule has 122 valence electrons. The summed E-state index contributed by atoms with van der Waals surface area (Å²) in [4.78, 5) is 9.95. The van der Waals surface area contributed by atoms with Crippen molar-refractivity contribution in [2.45, 2.75) is 23.8 Å². The summed E-state index contributed by atoms with van der Waals surface area (Å²) in [5.74, 6) is 0.875. The van der Waals surface area contributed by atoms with Gasteiger partial charge in [0.2, 0.25) is 10.0 Å². The molecule has 1 heterocycles.